The van der Waals surface area contributed by atoms with Crippen molar-refractivity contribution in [3.8, 4) is 0 Å². The number of guanidine groups is 1. The molecule has 1 rings (SSSR count). The maximum Gasteiger partial charge on any atom is 0.186 e. The summed E-state index contributed by atoms with van der Waals surface area (Å²) in [4.78, 5) is 4.02. The second kappa shape index (κ2) is 5.80. The van der Waals surface area contributed by atoms with Gasteiger partial charge in [-0.05, 0) is 12.5 Å². The molecule has 4 heteroatoms. The third-order valence-electron chi connectivity index (χ3n) is 1.62. The van der Waals surface area contributed by atoms with Crippen molar-refractivity contribution in [1.29, 1.82) is 0 Å². The molecule has 0 aliphatic rings. The van der Waals surface area contributed by atoms with Gasteiger partial charge in [0.05, 0.1) is 6.04 Å². The van der Waals surface area contributed by atoms with E-state index in [1.807, 2.05) is 37.3 Å². The van der Waals surface area contributed by atoms with Crippen LogP contribution in [0.15, 0.2) is 35.3 Å². The Morgan fingerprint density at radius 2 is 1.77 bits per heavy atom. The zero-order valence-electron chi connectivity index (χ0n) is 7.47. The highest BCUT2D eigenvalue weighted by Crippen LogP contribution is 2.14. The van der Waals surface area contributed by atoms with Crippen molar-refractivity contribution in [3.05, 3.63) is 35.9 Å². The van der Waals surface area contributed by atoms with Gasteiger partial charge in [0.2, 0.25) is 0 Å². The molecule has 0 radical (unpaired) electrons. The summed E-state index contributed by atoms with van der Waals surface area (Å²) in [6, 6.07) is 9.93. The van der Waals surface area contributed by atoms with E-state index in [-0.39, 0.29) is 36.0 Å². The van der Waals surface area contributed by atoms with E-state index < -0.39 is 0 Å². The fraction of sp³-hybridized carbons (Fsp3) is 0.222. The molecule has 1 atom stereocenters. The molecule has 1 aromatic rings. The lowest BCUT2D eigenvalue weighted by atomic mass is 10.1. The number of hydrogen-bond donors (Lipinski definition) is 2. The van der Waals surface area contributed by atoms with Crippen molar-refractivity contribution in [2.75, 3.05) is 0 Å². The van der Waals surface area contributed by atoms with E-state index in [9.17, 15) is 0 Å². The van der Waals surface area contributed by atoms with Crippen LogP contribution in [0.25, 0.3) is 0 Å². The quantitative estimate of drug-likeness (QED) is 0.494. The van der Waals surface area contributed by atoms with Crippen LogP contribution in [0.3, 0.4) is 0 Å². The molecule has 0 fully saturated rings. The Morgan fingerprint density at radius 1 is 1.23 bits per heavy atom. The first-order chi connectivity index (χ1) is 5.70. The molecule has 0 aromatic heterocycles. The second-order valence-electron chi connectivity index (χ2n) is 2.64. The van der Waals surface area contributed by atoms with E-state index in [0.717, 1.165) is 5.56 Å². The average molecular weight is 291 g/mol. The molecular weight excluding hydrogens is 277 g/mol. The average Bonchev–Trinajstić information content (AvgIpc) is 2.05. The topological polar surface area (TPSA) is 64.4 Å². The van der Waals surface area contributed by atoms with Crippen LogP contribution in [0.2, 0.25) is 0 Å². The molecule has 13 heavy (non-hydrogen) atoms. The second-order valence-corrected chi connectivity index (χ2v) is 2.64. The molecule has 4 N–H and O–H groups in total. The zero-order valence-corrected chi connectivity index (χ0v) is 9.80. The summed E-state index contributed by atoms with van der Waals surface area (Å²) in [5.74, 6) is 0.131. The van der Waals surface area contributed by atoms with E-state index in [1.54, 1.807) is 0 Å². The van der Waals surface area contributed by atoms with E-state index in [4.69, 9.17) is 11.5 Å². The van der Waals surface area contributed by atoms with Gasteiger partial charge in [0.1, 0.15) is 0 Å². The van der Waals surface area contributed by atoms with Gasteiger partial charge in [-0.25, -0.2) is 4.99 Å². The maximum absolute atomic E-state index is 5.26. The minimum absolute atomic E-state index is 0. The minimum atomic E-state index is 0. The van der Waals surface area contributed by atoms with Crippen molar-refractivity contribution in [2.24, 2.45) is 16.5 Å². The summed E-state index contributed by atoms with van der Waals surface area (Å²) in [5, 5.41) is 0. The summed E-state index contributed by atoms with van der Waals surface area (Å²) >= 11 is 0. The molecule has 0 amide bonds. The SMILES string of the molecule is CC(N=C(N)N)c1ccccc1.I. The standard InChI is InChI=1S/C9H13N3.HI/c1-7(12-9(10)11)8-5-3-2-4-6-8;/h2-7H,1H3,(H4,10,11,12);1H. The van der Waals surface area contributed by atoms with Crippen LogP contribution in [0.4, 0.5) is 0 Å². The smallest absolute Gasteiger partial charge is 0.186 e. The van der Waals surface area contributed by atoms with Gasteiger partial charge in [-0.1, -0.05) is 30.3 Å². The van der Waals surface area contributed by atoms with Gasteiger partial charge in [-0.15, -0.1) is 24.0 Å². The van der Waals surface area contributed by atoms with Crippen LogP contribution in [-0.4, -0.2) is 5.96 Å². The number of hydrogen-bond acceptors (Lipinski definition) is 1. The molecular formula is C9H14IN3. The van der Waals surface area contributed by atoms with Crippen LogP contribution in [-0.2, 0) is 0 Å². The van der Waals surface area contributed by atoms with Crippen LogP contribution in [0.1, 0.15) is 18.5 Å². The van der Waals surface area contributed by atoms with Gasteiger partial charge in [0, 0.05) is 0 Å². The predicted molar refractivity (Wildman–Crippen MR) is 66.1 cm³/mol. The summed E-state index contributed by atoms with van der Waals surface area (Å²) in [6.45, 7) is 1.95. The van der Waals surface area contributed by atoms with E-state index in [1.165, 1.54) is 0 Å². The molecule has 0 aliphatic carbocycles. The van der Waals surface area contributed by atoms with Crippen molar-refractivity contribution < 1.29 is 0 Å². The lowest BCUT2D eigenvalue weighted by Crippen LogP contribution is -2.23. The summed E-state index contributed by atoms with van der Waals surface area (Å²) in [5.41, 5.74) is 11.6. The monoisotopic (exact) mass is 291 g/mol. The van der Waals surface area contributed by atoms with Gasteiger partial charge in [0.25, 0.3) is 0 Å². The van der Waals surface area contributed by atoms with Crippen LogP contribution < -0.4 is 11.5 Å². The van der Waals surface area contributed by atoms with Crippen molar-refractivity contribution in [3.63, 3.8) is 0 Å². The Hall–Kier alpha value is -0.780. The zero-order chi connectivity index (χ0) is 8.97. The highest BCUT2D eigenvalue weighted by Gasteiger charge is 2.00. The largest absolute Gasteiger partial charge is 0.370 e. The maximum atomic E-state index is 5.26. The summed E-state index contributed by atoms with van der Waals surface area (Å²) in [6.07, 6.45) is 0. The normalized spacial score (nSPS) is 11.2. The van der Waals surface area contributed by atoms with Gasteiger partial charge >= 0.3 is 0 Å². The Morgan fingerprint density at radius 3 is 2.23 bits per heavy atom. The van der Waals surface area contributed by atoms with E-state index >= 15 is 0 Å². The van der Waals surface area contributed by atoms with Gasteiger partial charge < -0.3 is 11.5 Å². The highest BCUT2D eigenvalue weighted by molar-refractivity contribution is 14.0. The molecule has 0 saturated carbocycles. The van der Waals surface area contributed by atoms with Gasteiger partial charge in [-0.2, -0.15) is 0 Å². The number of halogens is 1. The molecule has 0 spiro atoms. The van der Waals surface area contributed by atoms with Crippen LogP contribution in [0, 0.1) is 0 Å². The van der Waals surface area contributed by atoms with Gasteiger partial charge in [0.15, 0.2) is 5.96 Å². The Kier molecular flexibility index (Phi) is 5.45. The first-order valence-corrected chi connectivity index (χ1v) is 3.84. The number of rotatable bonds is 2. The molecule has 0 heterocycles. The molecule has 1 aromatic carbocycles. The molecule has 0 bridgehead atoms. The highest BCUT2D eigenvalue weighted by atomic mass is 127. The lowest BCUT2D eigenvalue weighted by molar-refractivity contribution is 0.816. The van der Waals surface area contributed by atoms with Crippen LogP contribution in [0.5, 0.6) is 0 Å². The Bertz CT molecular complexity index is 267. The van der Waals surface area contributed by atoms with Crippen molar-refractivity contribution in [1.82, 2.24) is 0 Å². The predicted octanol–water partition coefficient (Wildman–Crippen LogP) is 1.64. The first-order valence-electron chi connectivity index (χ1n) is 3.84. The minimum Gasteiger partial charge on any atom is -0.370 e. The number of nitrogens with two attached hydrogens (primary N) is 2. The molecule has 0 aliphatic heterocycles. The third kappa shape index (κ3) is 4.12. The molecule has 1 unspecified atom stereocenters. The van der Waals surface area contributed by atoms with Gasteiger partial charge in [-0.3, -0.25) is 0 Å². The van der Waals surface area contributed by atoms with Crippen molar-refractivity contribution in [2.45, 2.75) is 13.0 Å². The Balaban J connectivity index is 0.00000144. The van der Waals surface area contributed by atoms with Crippen molar-refractivity contribution >= 4 is 29.9 Å². The first kappa shape index (κ1) is 12.2. The molecule has 72 valence electrons. The third-order valence-corrected chi connectivity index (χ3v) is 1.62. The lowest BCUT2D eigenvalue weighted by Gasteiger charge is -2.05. The van der Waals surface area contributed by atoms with Crippen LogP contribution >= 0.6 is 24.0 Å². The molecule has 3 nitrogen and oxygen atoms in total. The Labute approximate surface area is 95.2 Å². The number of nitrogens with zero attached hydrogens (tertiary/aromatic N) is 1. The fourth-order valence-electron chi connectivity index (χ4n) is 1.03. The number of benzene rings is 1. The summed E-state index contributed by atoms with van der Waals surface area (Å²) in [7, 11) is 0. The fourth-order valence-corrected chi connectivity index (χ4v) is 1.03. The van der Waals surface area contributed by atoms with E-state index in [2.05, 4.69) is 4.99 Å². The number of aliphatic imine (C=N–C) groups is 1. The summed E-state index contributed by atoms with van der Waals surface area (Å²) < 4.78 is 0. The molecule has 0 saturated heterocycles. The van der Waals surface area contributed by atoms with E-state index in [0.29, 0.717) is 0 Å².